The van der Waals surface area contributed by atoms with Gasteiger partial charge in [0.15, 0.2) is 0 Å². The van der Waals surface area contributed by atoms with E-state index < -0.39 is 0 Å². The van der Waals surface area contributed by atoms with E-state index in [1.165, 1.54) is 16.7 Å². The number of benzene rings is 1. The molecule has 0 aliphatic rings. The van der Waals surface area contributed by atoms with Gasteiger partial charge in [-0.25, -0.2) is 0 Å². The lowest BCUT2D eigenvalue weighted by Crippen LogP contribution is -1.93. The van der Waals surface area contributed by atoms with Crippen LogP contribution in [-0.2, 0) is 18.7 Å². The van der Waals surface area contributed by atoms with Crippen LogP contribution in [0.3, 0.4) is 0 Å². The normalized spacial score (nSPS) is 10.5. The van der Waals surface area contributed by atoms with Crippen LogP contribution in [0.25, 0.3) is 0 Å². The van der Waals surface area contributed by atoms with Crippen LogP contribution in [0.15, 0.2) is 18.2 Å². The Morgan fingerprint density at radius 1 is 1.14 bits per heavy atom. The van der Waals surface area contributed by atoms with Gasteiger partial charge in [-0.1, -0.05) is 25.1 Å². The Bertz CT molecular complexity index is 282. The van der Waals surface area contributed by atoms with Crippen LogP contribution < -0.4 is 0 Å². The second kappa shape index (κ2) is 6.31. The lowest BCUT2D eigenvalue weighted by atomic mass is 10.0. The van der Waals surface area contributed by atoms with E-state index >= 15 is 0 Å². The summed E-state index contributed by atoms with van der Waals surface area (Å²) in [7, 11) is 0. The molecule has 1 rings (SSSR count). The van der Waals surface area contributed by atoms with Crippen molar-refractivity contribution < 1.29 is 0 Å². The molecule has 0 nitrogen and oxygen atoms in total. The van der Waals surface area contributed by atoms with Gasteiger partial charge in [-0.2, -0.15) is 0 Å². The minimum Gasteiger partial charge on any atom is -0.127 e. The highest BCUT2D eigenvalue weighted by molar-refractivity contribution is 6.17. The van der Waals surface area contributed by atoms with Crippen LogP contribution in [0.5, 0.6) is 0 Å². The molecule has 0 spiro atoms. The number of alkyl halides is 2. The average molecular weight is 231 g/mol. The van der Waals surface area contributed by atoms with Crippen molar-refractivity contribution in [2.45, 2.75) is 32.1 Å². The lowest BCUT2D eigenvalue weighted by Gasteiger charge is -2.07. The molecule has 0 N–H and O–H groups in total. The fourth-order valence-corrected chi connectivity index (χ4v) is 1.96. The van der Waals surface area contributed by atoms with Crippen molar-refractivity contribution in [2.75, 3.05) is 5.88 Å². The summed E-state index contributed by atoms with van der Waals surface area (Å²) in [6.07, 6.45) is 3.17. The van der Waals surface area contributed by atoms with Gasteiger partial charge >= 0.3 is 0 Å². The molecule has 14 heavy (non-hydrogen) atoms. The van der Waals surface area contributed by atoms with Crippen molar-refractivity contribution in [3.63, 3.8) is 0 Å². The van der Waals surface area contributed by atoms with Crippen LogP contribution >= 0.6 is 23.2 Å². The van der Waals surface area contributed by atoms with Crippen molar-refractivity contribution in [1.29, 1.82) is 0 Å². The number of hydrogen-bond acceptors (Lipinski definition) is 0. The Balaban J connectivity index is 2.79. The molecular weight excluding hydrogens is 215 g/mol. The van der Waals surface area contributed by atoms with E-state index in [0.717, 1.165) is 25.1 Å². The third-order valence-electron chi connectivity index (χ3n) is 2.39. The van der Waals surface area contributed by atoms with Crippen LogP contribution in [0.2, 0.25) is 0 Å². The van der Waals surface area contributed by atoms with E-state index in [1.807, 2.05) is 0 Å². The SMILES string of the molecule is CCc1cc(CCCCl)ccc1CCl. The summed E-state index contributed by atoms with van der Waals surface area (Å²) in [5.74, 6) is 1.34. The summed E-state index contributed by atoms with van der Waals surface area (Å²) in [4.78, 5) is 0. The van der Waals surface area contributed by atoms with Crippen molar-refractivity contribution >= 4 is 23.2 Å². The topological polar surface area (TPSA) is 0 Å². The minimum absolute atomic E-state index is 0.610. The van der Waals surface area contributed by atoms with Crippen molar-refractivity contribution in [2.24, 2.45) is 0 Å². The van der Waals surface area contributed by atoms with Gasteiger partial charge in [-0.05, 0) is 36.0 Å². The lowest BCUT2D eigenvalue weighted by molar-refractivity contribution is 0.921. The maximum atomic E-state index is 5.85. The smallest absolute Gasteiger partial charge is 0.0476 e. The average Bonchev–Trinajstić information content (AvgIpc) is 2.25. The number of aryl methyl sites for hydroxylation is 2. The standard InChI is InChI=1S/C12H16Cl2/c1-2-11-8-10(4-3-7-13)5-6-12(11)9-14/h5-6,8H,2-4,7,9H2,1H3. The first-order valence-electron chi connectivity index (χ1n) is 5.04. The summed E-state index contributed by atoms with van der Waals surface area (Å²) in [5.41, 5.74) is 3.99. The Hall–Kier alpha value is -0.200. The maximum Gasteiger partial charge on any atom is 0.0476 e. The van der Waals surface area contributed by atoms with E-state index in [2.05, 4.69) is 25.1 Å². The molecule has 0 bridgehead atoms. The molecule has 1 aromatic rings. The number of halogens is 2. The quantitative estimate of drug-likeness (QED) is 0.667. The Kier molecular flexibility index (Phi) is 5.36. The Labute approximate surface area is 96.2 Å². The molecule has 0 aliphatic carbocycles. The largest absolute Gasteiger partial charge is 0.127 e. The van der Waals surface area contributed by atoms with Crippen LogP contribution in [-0.4, -0.2) is 5.88 Å². The molecule has 1 aromatic carbocycles. The zero-order chi connectivity index (χ0) is 10.4. The molecule has 0 radical (unpaired) electrons. The molecule has 0 heterocycles. The minimum atomic E-state index is 0.610. The zero-order valence-corrected chi connectivity index (χ0v) is 10.0. The van der Waals surface area contributed by atoms with Gasteiger partial charge in [0.25, 0.3) is 0 Å². The van der Waals surface area contributed by atoms with Crippen LogP contribution in [0.4, 0.5) is 0 Å². The summed E-state index contributed by atoms with van der Waals surface area (Å²) in [6.45, 7) is 2.16. The second-order valence-electron chi connectivity index (χ2n) is 3.38. The third kappa shape index (κ3) is 3.18. The zero-order valence-electron chi connectivity index (χ0n) is 8.52. The van der Waals surface area contributed by atoms with Gasteiger partial charge in [0, 0.05) is 11.8 Å². The van der Waals surface area contributed by atoms with Gasteiger partial charge in [-0.3, -0.25) is 0 Å². The van der Waals surface area contributed by atoms with E-state index in [4.69, 9.17) is 23.2 Å². The highest BCUT2D eigenvalue weighted by atomic mass is 35.5. The molecule has 0 aromatic heterocycles. The van der Waals surface area contributed by atoms with Gasteiger partial charge in [0.05, 0.1) is 0 Å². The third-order valence-corrected chi connectivity index (χ3v) is 2.95. The van der Waals surface area contributed by atoms with Gasteiger partial charge in [-0.15, -0.1) is 23.2 Å². The first-order chi connectivity index (χ1) is 6.81. The van der Waals surface area contributed by atoms with Crippen molar-refractivity contribution in [3.05, 3.63) is 34.9 Å². The summed E-state index contributed by atoms with van der Waals surface area (Å²) < 4.78 is 0. The Morgan fingerprint density at radius 3 is 2.50 bits per heavy atom. The van der Waals surface area contributed by atoms with E-state index in [0.29, 0.717) is 5.88 Å². The molecule has 2 heteroatoms. The Morgan fingerprint density at radius 2 is 1.93 bits per heavy atom. The second-order valence-corrected chi connectivity index (χ2v) is 4.03. The van der Waals surface area contributed by atoms with E-state index in [1.54, 1.807) is 0 Å². The van der Waals surface area contributed by atoms with Gasteiger partial charge in [0.1, 0.15) is 0 Å². The summed E-state index contributed by atoms with van der Waals surface area (Å²) in [5, 5.41) is 0. The highest BCUT2D eigenvalue weighted by Gasteiger charge is 2.01. The molecule has 0 fully saturated rings. The molecule has 0 aliphatic heterocycles. The monoisotopic (exact) mass is 230 g/mol. The van der Waals surface area contributed by atoms with E-state index in [-0.39, 0.29) is 0 Å². The first-order valence-corrected chi connectivity index (χ1v) is 6.11. The van der Waals surface area contributed by atoms with Crippen molar-refractivity contribution in [1.82, 2.24) is 0 Å². The molecule has 0 saturated carbocycles. The van der Waals surface area contributed by atoms with Gasteiger partial charge < -0.3 is 0 Å². The fraction of sp³-hybridized carbons (Fsp3) is 0.500. The predicted octanol–water partition coefficient (Wildman–Crippen LogP) is 4.16. The van der Waals surface area contributed by atoms with Gasteiger partial charge in [0.2, 0.25) is 0 Å². The van der Waals surface area contributed by atoms with Crippen LogP contribution in [0, 0.1) is 0 Å². The highest BCUT2D eigenvalue weighted by Crippen LogP contribution is 2.16. The molecule has 0 saturated heterocycles. The number of hydrogen-bond donors (Lipinski definition) is 0. The molecular formula is C12H16Cl2. The summed E-state index contributed by atoms with van der Waals surface area (Å²) in [6, 6.07) is 6.54. The first kappa shape index (κ1) is 11.9. The summed E-state index contributed by atoms with van der Waals surface area (Å²) >= 11 is 11.5. The predicted molar refractivity (Wildman–Crippen MR) is 64.4 cm³/mol. The molecule has 0 amide bonds. The molecule has 0 unspecified atom stereocenters. The van der Waals surface area contributed by atoms with E-state index in [9.17, 15) is 0 Å². The number of rotatable bonds is 5. The van der Waals surface area contributed by atoms with Crippen molar-refractivity contribution in [3.8, 4) is 0 Å². The van der Waals surface area contributed by atoms with Crippen LogP contribution in [0.1, 0.15) is 30.0 Å². The fourth-order valence-electron chi connectivity index (χ4n) is 1.57. The molecule has 0 atom stereocenters. The molecule has 78 valence electrons. The maximum absolute atomic E-state index is 5.85.